The molecule has 8 nitrogen and oxygen atoms in total. The van der Waals surface area contributed by atoms with Crippen LogP contribution in [0.25, 0.3) is 0 Å². The molecule has 0 saturated carbocycles. The van der Waals surface area contributed by atoms with Gasteiger partial charge in [0.15, 0.2) is 0 Å². The van der Waals surface area contributed by atoms with Crippen molar-refractivity contribution < 1.29 is 19.2 Å². The van der Waals surface area contributed by atoms with E-state index >= 15 is 0 Å². The van der Waals surface area contributed by atoms with Crippen LogP contribution in [0.2, 0.25) is 0 Å². The van der Waals surface area contributed by atoms with Crippen LogP contribution in [0.3, 0.4) is 0 Å². The molecule has 1 amide bonds. The van der Waals surface area contributed by atoms with E-state index in [4.69, 9.17) is 5.73 Å². The number of nitrogens with zero attached hydrogens (tertiary/aromatic N) is 1. The van der Waals surface area contributed by atoms with E-state index in [0.717, 1.165) is 0 Å². The number of benzene rings is 1. The summed E-state index contributed by atoms with van der Waals surface area (Å²) in [6, 6.07) is 4.47. The Morgan fingerprint density at radius 2 is 1.89 bits per heavy atom. The fourth-order valence-electron chi connectivity index (χ4n) is 1.27. The van der Waals surface area contributed by atoms with E-state index in [1.165, 1.54) is 24.3 Å². The minimum Gasteiger partial charge on any atom is -0.375 e. The average Bonchev–Trinajstić information content (AvgIpc) is 2.28. The van der Waals surface area contributed by atoms with Crippen LogP contribution in [0.4, 0.5) is 10.5 Å². The highest BCUT2D eigenvalue weighted by atomic mass is 16.6. The largest absolute Gasteiger partial charge is 0.412 e. The van der Waals surface area contributed by atoms with E-state index in [2.05, 4.69) is 10.5 Å². The van der Waals surface area contributed by atoms with Gasteiger partial charge in [-0.05, 0) is 12.0 Å². The van der Waals surface area contributed by atoms with Crippen molar-refractivity contribution in [2.45, 2.75) is 12.5 Å². The van der Waals surface area contributed by atoms with Crippen LogP contribution in [0.15, 0.2) is 24.3 Å². The van der Waals surface area contributed by atoms with Gasteiger partial charge in [0.1, 0.15) is 6.04 Å². The summed E-state index contributed by atoms with van der Waals surface area (Å²) in [5.74, 6) is -0.944. The van der Waals surface area contributed by atoms with Gasteiger partial charge in [0.05, 0.1) is 4.92 Å². The monoisotopic (exact) mass is 253 g/mol. The van der Waals surface area contributed by atoms with Crippen LogP contribution in [0.5, 0.6) is 0 Å². The second-order valence-corrected chi connectivity index (χ2v) is 3.47. The predicted octanol–water partition coefficient (Wildman–Crippen LogP) is 0.0865. The molecular formula is C10H11N3O5. The minimum absolute atomic E-state index is 0.0629. The SMILES string of the molecule is NC(=O)OC(=O)[C@@H](N)Cc1ccc([N+](=O)[O-])cc1. The number of hydrogen-bond acceptors (Lipinski definition) is 6. The minimum atomic E-state index is -1.22. The predicted molar refractivity (Wildman–Crippen MR) is 60.5 cm³/mol. The molecule has 1 aromatic rings. The van der Waals surface area contributed by atoms with Crippen LogP contribution < -0.4 is 11.5 Å². The average molecular weight is 253 g/mol. The number of nitro groups is 1. The molecule has 0 heterocycles. The number of nitrogens with two attached hydrogens (primary N) is 2. The number of esters is 1. The number of amides is 1. The lowest BCUT2D eigenvalue weighted by molar-refractivity contribution is -0.384. The third-order valence-electron chi connectivity index (χ3n) is 2.11. The van der Waals surface area contributed by atoms with Crippen molar-refractivity contribution in [1.29, 1.82) is 0 Å². The first-order valence-corrected chi connectivity index (χ1v) is 4.90. The smallest absolute Gasteiger partial charge is 0.375 e. The van der Waals surface area contributed by atoms with Gasteiger partial charge < -0.3 is 16.2 Å². The summed E-state index contributed by atoms with van der Waals surface area (Å²) < 4.78 is 4.11. The molecule has 0 aliphatic heterocycles. The lowest BCUT2D eigenvalue weighted by Crippen LogP contribution is -2.36. The molecule has 0 aliphatic rings. The molecule has 0 unspecified atom stereocenters. The Labute approximate surface area is 102 Å². The highest BCUT2D eigenvalue weighted by Gasteiger charge is 2.18. The Morgan fingerprint density at radius 3 is 2.33 bits per heavy atom. The normalized spacial score (nSPS) is 11.6. The zero-order valence-electron chi connectivity index (χ0n) is 9.24. The van der Waals surface area contributed by atoms with E-state index in [0.29, 0.717) is 5.56 Å². The van der Waals surface area contributed by atoms with E-state index in [9.17, 15) is 19.7 Å². The zero-order valence-corrected chi connectivity index (χ0v) is 9.24. The van der Waals surface area contributed by atoms with E-state index < -0.39 is 23.0 Å². The zero-order chi connectivity index (χ0) is 13.7. The van der Waals surface area contributed by atoms with Crippen molar-refractivity contribution in [2.24, 2.45) is 11.5 Å². The molecule has 0 fully saturated rings. The molecule has 1 atom stereocenters. The number of carbonyl (C=O) groups is 2. The summed E-state index contributed by atoms with van der Waals surface area (Å²) in [6.07, 6.45) is -1.14. The third kappa shape index (κ3) is 3.83. The lowest BCUT2D eigenvalue weighted by Gasteiger charge is -2.08. The maximum absolute atomic E-state index is 11.2. The van der Waals surface area contributed by atoms with Gasteiger partial charge in [0, 0.05) is 12.1 Å². The maximum atomic E-state index is 11.2. The van der Waals surface area contributed by atoms with Crippen molar-refractivity contribution in [2.75, 3.05) is 0 Å². The number of non-ortho nitro benzene ring substituents is 1. The van der Waals surface area contributed by atoms with Gasteiger partial charge >= 0.3 is 12.1 Å². The summed E-state index contributed by atoms with van der Waals surface area (Å²) in [5.41, 5.74) is 10.7. The number of rotatable bonds is 4. The van der Waals surface area contributed by atoms with Gasteiger partial charge in [-0.1, -0.05) is 12.1 Å². The van der Waals surface area contributed by atoms with Crippen LogP contribution in [-0.4, -0.2) is 23.0 Å². The van der Waals surface area contributed by atoms with Crippen LogP contribution in [0.1, 0.15) is 5.56 Å². The standard InChI is InChI=1S/C10H11N3O5/c11-8(9(14)18-10(12)15)5-6-1-3-7(4-2-6)13(16)17/h1-4,8H,5,11H2,(H2,12,15)/t8-/m0/s1. The molecule has 0 saturated heterocycles. The van der Waals surface area contributed by atoms with Crippen molar-refractivity contribution in [1.82, 2.24) is 0 Å². The molecule has 1 rings (SSSR count). The third-order valence-corrected chi connectivity index (χ3v) is 2.11. The first kappa shape index (κ1) is 13.6. The van der Waals surface area contributed by atoms with Crippen LogP contribution >= 0.6 is 0 Å². The van der Waals surface area contributed by atoms with Crippen molar-refractivity contribution in [3.63, 3.8) is 0 Å². The summed E-state index contributed by atoms with van der Waals surface area (Å²) in [5, 5.41) is 10.4. The second kappa shape index (κ2) is 5.73. The first-order valence-electron chi connectivity index (χ1n) is 4.90. The molecule has 96 valence electrons. The number of hydrogen-bond donors (Lipinski definition) is 2. The van der Waals surface area contributed by atoms with Gasteiger partial charge in [0.2, 0.25) is 0 Å². The lowest BCUT2D eigenvalue weighted by atomic mass is 10.1. The number of primary amides is 1. The van der Waals surface area contributed by atoms with Gasteiger partial charge in [-0.2, -0.15) is 0 Å². The molecule has 4 N–H and O–H groups in total. The van der Waals surface area contributed by atoms with Crippen molar-refractivity contribution in [3.05, 3.63) is 39.9 Å². The van der Waals surface area contributed by atoms with Gasteiger partial charge in [-0.25, -0.2) is 9.59 Å². The Kier molecular flexibility index (Phi) is 4.33. The fraction of sp³-hybridized carbons (Fsp3) is 0.200. The highest BCUT2D eigenvalue weighted by molar-refractivity contribution is 5.86. The molecule has 0 spiro atoms. The Balaban J connectivity index is 2.64. The molecule has 0 bridgehead atoms. The van der Waals surface area contributed by atoms with Gasteiger partial charge in [-0.15, -0.1) is 0 Å². The number of ether oxygens (including phenoxy) is 1. The molecule has 8 heteroatoms. The number of carbonyl (C=O) groups excluding carboxylic acids is 2. The van der Waals surface area contributed by atoms with Crippen molar-refractivity contribution >= 4 is 17.7 Å². The van der Waals surface area contributed by atoms with E-state index in [-0.39, 0.29) is 12.1 Å². The summed E-state index contributed by atoms with van der Waals surface area (Å²) in [4.78, 5) is 31.4. The topological polar surface area (TPSA) is 139 Å². The Hall–Kier alpha value is -2.48. The Morgan fingerprint density at radius 1 is 1.33 bits per heavy atom. The van der Waals surface area contributed by atoms with E-state index in [1.807, 2.05) is 0 Å². The first-order chi connectivity index (χ1) is 8.40. The molecule has 0 aromatic heterocycles. The van der Waals surface area contributed by atoms with Crippen LogP contribution in [0, 0.1) is 10.1 Å². The summed E-state index contributed by atoms with van der Waals surface area (Å²) >= 11 is 0. The number of nitro benzene ring substituents is 1. The summed E-state index contributed by atoms with van der Waals surface area (Å²) in [7, 11) is 0. The highest BCUT2D eigenvalue weighted by Crippen LogP contribution is 2.13. The van der Waals surface area contributed by atoms with Crippen LogP contribution in [-0.2, 0) is 16.0 Å². The van der Waals surface area contributed by atoms with E-state index in [1.54, 1.807) is 0 Å². The van der Waals surface area contributed by atoms with Gasteiger partial charge in [0.25, 0.3) is 5.69 Å². The molecular weight excluding hydrogens is 242 g/mol. The molecule has 18 heavy (non-hydrogen) atoms. The maximum Gasteiger partial charge on any atom is 0.412 e. The molecule has 0 radical (unpaired) electrons. The van der Waals surface area contributed by atoms with Crippen molar-refractivity contribution in [3.8, 4) is 0 Å². The van der Waals surface area contributed by atoms with Gasteiger partial charge in [-0.3, -0.25) is 10.1 Å². The Bertz CT molecular complexity index is 471. The summed E-state index contributed by atoms with van der Waals surface area (Å²) in [6.45, 7) is 0. The molecule has 0 aliphatic carbocycles. The fourth-order valence-corrected chi connectivity index (χ4v) is 1.27. The molecule has 1 aromatic carbocycles. The quantitative estimate of drug-likeness (QED) is 0.337. The second-order valence-electron chi connectivity index (χ2n) is 3.47.